The zero-order chi connectivity index (χ0) is 11.3. The van der Waals surface area contributed by atoms with Gasteiger partial charge in [-0.1, -0.05) is 0 Å². The molecule has 0 saturated carbocycles. The zero-order valence-electron chi connectivity index (χ0n) is 9.89. The highest BCUT2D eigenvalue weighted by atomic mass is 16.5. The Balaban J connectivity index is 3.05. The average molecular weight is 209 g/mol. The van der Waals surface area contributed by atoms with Gasteiger partial charge in [-0.15, -0.1) is 0 Å². The van der Waals surface area contributed by atoms with Crippen LogP contribution in [0.15, 0.2) is 12.1 Å². The molecule has 0 aromatic heterocycles. The lowest BCUT2D eigenvalue weighted by molar-refractivity contribution is 0.396. The molecule has 3 heteroatoms. The van der Waals surface area contributed by atoms with Crippen molar-refractivity contribution in [2.75, 3.05) is 27.8 Å². The van der Waals surface area contributed by atoms with Crippen LogP contribution in [-0.4, -0.2) is 27.8 Å². The number of hydrogen-bond acceptors (Lipinski definition) is 3. The van der Waals surface area contributed by atoms with Crippen LogP contribution < -0.4 is 14.8 Å². The summed E-state index contributed by atoms with van der Waals surface area (Å²) in [7, 11) is 5.34. The standard InChI is InChI=1S/C12H19NO2/c1-9-10(7-8-13-2)12(15-4)6-5-11(9)14-3/h5-6,13H,7-8H2,1-4H3. The van der Waals surface area contributed by atoms with Crippen LogP contribution >= 0.6 is 0 Å². The molecule has 3 nitrogen and oxygen atoms in total. The predicted molar refractivity (Wildman–Crippen MR) is 61.9 cm³/mol. The molecule has 0 spiro atoms. The van der Waals surface area contributed by atoms with Gasteiger partial charge >= 0.3 is 0 Å². The summed E-state index contributed by atoms with van der Waals surface area (Å²) < 4.78 is 10.6. The first-order valence-corrected chi connectivity index (χ1v) is 5.09. The van der Waals surface area contributed by atoms with Crippen molar-refractivity contribution in [2.45, 2.75) is 13.3 Å². The van der Waals surface area contributed by atoms with E-state index < -0.39 is 0 Å². The number of likely N-dealkylation sites (N-methyl/N-ethyl adjacent to an activating group) is 1. The third-order valence-electron chi connectivity index (χ3n) is 2.57. The highest BCUT2D eigenvalue weighted by Crippen LogP contribution is 2.29. The topological polar surface area (TPSA) is 30.5 Å². The van der Waals surface area contributed by atoms with Crippen LogP contribution in [0.3, 0.4) is 0 Å². The fourth-order valence-corrected chi connectivity index (χ4v) is 1.68. The molecule has 0 aliphatic rings. The monoisotopic (exact) mass is 209 g/mol. The maximum absolute atomic E-state index is 5.34. The summed E-state index contributed by atoms with van der Waals surface area (Å²) >= 11 is 0. The predicted octanol–water partition coefficient (Wildman–Crippen LogP) is 1.77. The van der Waals surface area contributed by atoms with Crippen LogP contribution in [0.25, 0.3) is 0 Å². The first kappa shape index (κ1) is 11.9. The van der Waals surface area contributed by atoms with Gasteiger partial charge in [0.05, 0.1) is 14.2 Å². The molecule has 0 fully saturated rings. The first-order chi connectivity index (χ1) is 7.24. The first-order valence-electron chi connectivity index (χ1n) is 5.09. The number of ether oxygens (including phenoxy) is 2. The molecule has 1 rings (SSSR count). The Morgan fingerprint density at radius 3 is 2.27 bits per heavy atom. The van der Waals surface area contributed by atoms with E-state index in [1.807, 2.05) is 19.2 Å². The van der Waals surface area contributed by atoms with Gasteiger partial charge in [0, 0.05) is 5.56 Å². The van der Waals surface area contributed by atoms with Crippen molar-refractivity contribution < 1.29 is 9.47 Å². The van der Waals surface area contributed by atoms with E-state index in [0.717, 1.165) is 30.0 Å². The third-order valence-corrected chi connectivity index (χ3v) is 2.57. The maximum atomic E-state index is 5.34. The van der Waals surface area contributed by atoms with Gasteiger partial charge in [-0.3, -0.25) is 0 Å². The second kappa shape index (κ2) is 5.61. The van der Waals surface area contributed by atoms with Crippen molar-refractivity contribution in [1.29, 1.82) is 0 Å². The third kappa shape index (κ3) is 2.63. The smallest absolute Gasteiger partial charge is 0.122 e. The van der Waals surface area contributed by atoms with Crippen molar-refractivity contribution in [3.8, 4) is 11.5 Å². The lowest BCUT2D eigenvalue weighted by atomic mass is 10.0. The second-order valence-corrected chi connectivity index (χ2v) is 3.43. The lowest BCUT2D eigenvalue weighted by Crippen LogP contribution is -2.12. The Hall–Kier alpha value is -1.22. The summed E-state index contributed by atoms with van der Waals surface area (Å²) in [5.74, 6) is 1.85. The van der Waals surface area contributed by atoms with Crippen molar-refractivity contribution in [3.63, 3.8) is 0 Å². The van der Waals surface area contributed by atoms with Crippen LogP contribution in [0.5, 0.6) is 11.5 Å². The Morgan fingerprint density at radius 2 is 1.73 bits per heavy atom. The molecule has 0 unspecified atom stereocenters. The highest BCUT2D eigenvalue weighted by molar-refractivity contribution is 5.48. The molecule has 1 N–H and O–H groups in total. The van der Waals surface area contributed by atoms with Crippen molar-refractivity contribution in [1.82, 2.24) is 5.32 Å². The van der Waals surface area contributed by atoms with Crippen molar-refractivity contribution in [2.24, 2.45) is 0 Å². The van der Waals surface area contributed by atoms with Gasteiger partial charge in [0.2, 0.25) is 0 Å². The van der Waals surface area contributed by atoms with E-state index in [2.05, 4.69) is 12.2 Å². The van der Waals surface area contributed by atoms with Gasteiger partial charge in [0.25, 0.3) is 0 Å². The minimum Gasteiger partial charge on any atom is -0.496 e. The van der Waals surface area contributed by atoms with Crippen LogP contribution in [0.1, 0.15) is 11.1 Å². The summed E-state index contributed by atoms with van der Waals surface area (Å²) in [6.45, 7) is 3.00. The molecule has 0 saturated heterocycles. The van der Waals surface area contributed by atoms with Gasteiger partial charge in [0.1, 0.15) is 11.5 Å². The van der Waals surface area contributed by atoms with E-state index in [9.17, 15) is 0 Å². The quantitative estimate of drug-likeness (QED) is 0.801. The highest BCUT2D eigenvalue weighted by Gasteiger charge is 2.10. The van der Waals surface area contributed by atoms with Crippen LogP contribution in [-0.2, 0) is 6.42 Å². The van der Waals surface area contributed by atoms with Gasteiger partial charge in [-0.05, 0) is 44.6 Å². The maximum Gasteiger partial charge on any atom is 0.122 e. The number of methoxy groups -OCH3 is 2. The lowest BCUT2D eigenvalue weighted by Gasteiger charge is -2.14. The summed E-state index contributed by atoms with van der Waals surface area (Å²) in [5.41, 5.74) is 2.37. The van der Waals surface area contributed by atoms with Gasteiger partial charge in [-0.25, -0.2) is 0 Å². The number of nitrogens with one attached hydrogen (secondary N) is 1. The Labute approximate surface area is 91.4 Å². The summed E-state index contributed by atoms with van der Waals surface area (Å²) in [6.07, 6.45) is 0.947. The largest absolute Gasteiger partial charge is 0.496 e. The fraction of sp³-hybridized carbons (Fsp3) is 0.500. The van der Waals surface area contributed by atoms with Crippen molar-refractivity contribution >= 4 is 0 Å². The van der Waals surface area contributed by atoms with Gasteiger partial charge < -0.3 is 14.8 Å². The molecule has 0 amide bonds. The normalized spacial score (nSPS) is 10.1. The molecule has 0 heterocycles. The molecule has 1 aromatic rings. The molecule has 0 atom stereocenters. The van der Waals surface area contributed by atoms with Crippen LogP contribution in [0.4, 0.5) is 0 Å². The van der Waals surface area contributed by atoms with Gasteiger partial charge in [-0.2, -0.15) is 0 Å². The Morgan fingerprint density at radius 1 is 1.13 bits per heavy atom. The molecule has 84 valence electrons. The summed E-state index contributed by atoms with van der Waals surface area (Å²) in [5, 5.41) is 3.14. The van der Waals surface area contributed by atoms with Gasteiger partial charge in [0.15, 0.2) is 0 Å². The van der Waals surface area contributed by atoms with E-state index in [1.54, 1.807) is 14.2 Å². The van der Waals surface area contributed by atoms with E-state index in [4.69, 9.17) is 9.47 Å². The van der Waals surface area contributed by atoms with Crippen LogP contribution in [0, 0.1) is 6.92 Å². The Bertz CT molecular complexity index is 324. The number of hydrogen-bond donors (Lipinski definition) is 1. The molecular formula is C12H19NO2. The van der Waals surface area contributed by atoms with E-state index in [1.165, 1.54) is 5.56 Å². The molecule has 0 aliphatic heterocycles. The average Bonchev–Trinajstić information content (AvgIpc) is 2.27. The molecule has 15 heavy (non-hydrogen) atoms. The number of benzene rings is 1. The minimum atomic E-state index is 0.918. The molecule has 0 radical (unpaired) electrons. The molecule has 1 aromatic carbocycles. The van der Waals surface area contributed by atoms with E-state index >= 15 is 0 Å². The zero-order valence-corrected chi connectivity index (χ0v) is 9.89. The van der Waals surface area contributed by atoms with Crippen LogP contribution in [0.2, 0.25) is 0 Å². The second-order valence-electron chi connectivity index (χ2n) is 3.43. The minimum absolute atomic E-state index is 0.918. The SMILES string of the molecule is CNCCc1c(OC)ccc(OC)c1C. The number of rotatable bonds is 5. The van der Waals surface area contributed by atoms with Crippen molar-refractivity contribution in [3.05, 3.63) is 23.3 Å². The summed E-state index contributed by atoms with van der Waals surface area (Å²) in [6, 6.07) is 3.90. The molecule has 0 aliphatic carbocycles. The summed E-state index contributed by atoms with van der Waals surface area (Å²) in [4.78, 5) is 0. The van der Waals surface area contributed by atoms with E-state index in [0.29, 0.717) is 0 Å². The van der Waals surface area contributed by atoms with E-state index in [-0.39, 0.29) is 0 Å². The fourth-order valence-electron chi connectivity index (χ4n) is 1.68. The molecular weight excluding hydrogens is 190 g/mol. The Kier molecular flexibility index (Phi) is 4.43. The molecule has 0 bridgehead atoms.